The number of benzene rings is 1. The first-order valence-corrected chi connectivity index (χ1v) is 9.78. The number of nitrogens with zero attached hydrogens (tertiary/aromatic N) is 3. The number of carbonyl (C=O) groups is 1. The summed E-state index contributed by atoms with van der Waals surface area (Å²) in [5, 5.41) is 4.09. The fourth-order valence-corrected chi connectivity index (χ4v) is 4.22. The van der Waals surface area contributed by atoms with Crippen LogP contribution in [-0.2, 0) is 6.42 Å². The SMILES string of the molecule is CC(C)c1nnsc1C(=O)N1CCC[C@@H](CCc2ccc(F)cc2F)C1. The van der Waals surface area contributed by atoms with E-state index in [4.69, 9.17) is 0 Å². The predicted molar refractivity (Wildman–Crippen MR) is 97.3 cm³/mol. The summed E-state index contributed by atoms with van der Waals surface area (Å²) in [6.45, 7) is 5.40. The molecule has 0 saturated carbocycles. The van der Waals surface area contributed by atoms with Crippen molar-refractivity contribution in [1.82, 2.24) is 14.5 Å². The van der Waals surface area contributed by atoms with Gasteiger partial charge in [-0.25, -0.2) is 8.78 Å². The van der Waals surface area contributed by atoms with Gasteiger partial charge in [0, 0.05) is 19.2 Å². The van der Waals surface area contributed by atoms with Crippen molar-refractivity contribution in [3.63, 3.8) is 0 Å². The molecule has 1 amide bonds. The lowest BCUT2D eigenvalue weighted by Crippen LogP contribution is -2.40. The molecule has 1 aromatic carbocycles. The van der Waals surface area contributed by atoms with E-state index in [0.717, 1.165) is 49.1 Å². The average molecular weight is 379 g/mol. The lowest BCUT2D eigenvalue weighted by atomic mass is 9.91. The maximum absolute atomic E-state index is 13.8. The van der Waals surface area contributed by atoms with Gasteiger partial charge < -0.3 is 4.90 Å². The van der Waals surface area contributed by atoms with E-state index in [9.17, 15) is 13.6 Å². The molecular formula is C19H23F2N3OS. The second kappa shape index (κ2) is 8.20. The first-order valence-electron chi connectivity index (χ1n) is 9.01. The maximum Gasteiger partial charge on any atom is 0.267 e. The molecule has 0 aliphatic carbocycles. The highest BCUT2D eigenvalue weighted by Crippen LogP contribution is 2.27. The van der Waals surface area contributed by atoms with Crippen molar-refractivity contribution in [2.75, 3.05) is 13.1 Å². The summed E-state index contributed by atoms with van der Waals surface area (Å²) in [6.07, 6.45) is 3.29. The lowest BCUT2D eigenvalue weighted by Gasteiger charge is -2.32. The van der Waals surface area contributed by atoms with Crippen LogP contribution < -0.4 is 0 Å². The van der Waals surface area contributed by atoms with Crippen molar-refractivity contribution in [2.24, 2.45) is 5.92 Å². The van der Waals surface area contributed by atoms with Crippen LogP contribution in [0.1, 0.15) is 60.0 Å². The second-order valence-corrected chi connectivity index (χ2v) is 7.93. The van der Waals surface area contributed by atoms with Gasteiger partial charge in [0.25, 0.3) is 5.91 Å². The number of likely N-dealkylation sites (tertiary alicyclic amines) is 1. The molecule has 2 aromatic rings. The molecular weight excluding hydrogens is 356 g/mol. The van der Waals surface area contributed by atoms with Crippen molar-refractivity contribution in [1.29, 1.82) is 0 Å². The molecule has 1 atom stereocenters. The van der Waals surface area contributed by atoms with Gasteiger partial charge in [-0.1, -0.05) is 24.4 Å². The summed E-state index contributed by atoms with van der Waals surface area (Å²) in [7, 11) is 0. The smallest absolute Gasteiger partial charge is 0.267 e. The molecule has 3 rings (SSSR count). The fraction of sp³-hybridized carbons (Fsp3) is 0.526. The third kappa shape index (κ3) is 4.26. The van der Waals surface area contributed by atoms with Gasteiger partial charge in [0.2, 0.25) is 0 Å². The van der Waals surface area contributed by atoms with Crippen LogP contribution in [0.25, 0.3) is 0 Å². The zero-order chi connectivity index (χ0) is 18.7. The summed E-state index contributed by atoms with van der Waals surface area (Å²) >= 11 is 1.16. The minimum Gasteiger partial charge on any atom is -0.338 e. The van der Waals surface area contributed by atoms with E-state index in [1.54, 1.807) is 0 Å². The number of halogens is 2. The minimum absolute atomic E-state index is 0.00126. The number of piperidine rings is 1. The number of hydrogen-bond donors (Lipinski definition) is 0. The minimum atomic E-state index is -0.556. The van der Waals surface area contributed by atoms with Crippen molar-refractivity contribution < 1.29 is 13.6 Å². The van der Waals surface area contributed by atoms with Crippen LogP contribution in [0.2, 0.25) is 0 Å². The van der Waals surface area contributed by atoms with Crippen molar-refractivity contribution in [3.8, 4) is 0 Å². The van der Waals surface area contributed by atoms with Crippen LogP contribution >= 0.6 is 11.5 Å². The quantitative estimate of drug-likeness (QED) is 0.772. The Morgan fingerprint density at radius 1 is 1.38 bits per heavy atom. The number of amides is 1. The van der Waals surface area contributed by atoms with E-state index in [0.29, 0.717) is 29.3 Å². The molecule has 0 bridgehead atoms. The van der Waals surface area contributed by atoms with E-state index in [1.165, 1.54) is 12.1 Å². The monoisotopic (exact) mass is 379 g/mol. The normalized spacial score (nSPS) is 17.7. The maximum atomic E-state index is 13.8. The van der Waals surface area contributed by atoms with Gasteiger partial charge in [0.05, 0.1) is 5.69 Å². The summed E-state index contributed by atoms with van der Waals surface area (Å²) in [6, 6.07) is 3.73. The van der Waals surface area contributed by atoms with Crippen LogP contribution in [0.15, 0.2) is 18.2 Å². The third-order valence-electron chi connectivity index (χ3n) is 4.90. The molecule has 0 unspecified atom stereocenters. The van der Waals surface area contributed by atoms with Crippen molar-refractivity contribution >= 4 is 17.4 Å². The Bertz CT molecular complexity index is 778. The van der Waals surface area contributed by atoms with Gasteiger partial charge in [0.1, 0.15) is 16.5 Å². The molecule has 0 radical (unpaired) electrons. The molecule has 1 aliphatic heterocycles. The summed E-state index contributed by atoms with van der Waals surface area (Å²) in [5.74, 6) is -0.567. The van der Waals surface area contributed by atoms with Crippen molar-refractivity contribution in [3.05, 3.63) is 46.0 Å². The number of aryl methyl sites for hydroxylation is 1. The largest absolute Gasteiger partial charge is 0.338 e. The Hall–Kier alpha value is -1.89. The third-order valence-corrected chi connectivity index (χ3v) is 5.63. The van der Waals surface area contributed by atoms with Gasteiger partial charge >= 0.3 is 0 Å². The zero-order valence-electron chi connectivity index (χ0n) is 15.0. The zero-order valence-corrected chi connectivity index (χ0v) is 15.9. The molecule has 140 valence electrons. The van der Waals surface area contributed by atoms with E-state index in [-0.39, 0.29) is 11.8 Å². The molecule has 1 aromatic heterocycles. The Morgan fingerprint density at radius 3 is 2.92 bits per heavy atom. The molecule has 1 saturated heterocycles. The Morgan fingerprint density at radius 2 is 2.19 bits per heavy atom. The molecule has 0 spiro atoms. The van der Waals surface area contributed by atoms with Gasteiger partial charge in [-0.2, -0.15) is 0 Å². The molecule has 4 nitrogen and oxygen atoms in total. The Balaban J connectivity index is 1.62. The molecule has 1 fully saturated rings. The first-order chi connectivity index (χ1) is 12.5. The average Bonchev–Trinajstić information content (AvgIpc) is 3.10. The van der Waals surface area contributed by atoms with Gasteiger partial charge in [-0.05, 0) is 60.7 Å². The lowest BCUT2D eigenvalue weighted by molar-refractivity contribution is 0.0671. The molecule has 1 aliphatic rings. The highest BCUT2D eigenvalue weighted by Gasteiger charge is 2.28. The van der Waals surface area contributed by atoms with Gasteiger partial charge in [0.15, 0.2) is 0 Å². The number of rotatable bonds is 5. The second-order valence-electron chi connectivity index (χ2n) is 7.18. The van der Waals surface area contributed by atoms with E-state index >= 15 is 0 Å². The Kier molecular flexibility index (Phi) is 5.96. The van der Waals surface area contributed by atoms with E-state index in [2.05, 4.69) is 9.59 Å². The molecule has 2 heterocycles. The van der Waals surface area contributed by atoms with Crippen LogP contribution in [0.3, 0.4) is 0 Å². The van der Waals surface area contributed by atoms with Crippen molar-refractivity contribution in [2.45, 2.75) is 45.4 Å². The molecule has 7 heteroatoms. The highest BCUT2D eigenvalue weighted by atomic mass is 32.1. The summed E-state index contributed by atoms with van der Waals surface area (Å²) < 4.78 is 30.8. The van der Waals surface area contributed by atoms with E-state index < -0.39 is 11.6 Å². The van der Waals surface area contributed by atoms with Crippen LogP contribution in [0.4, 0.5) is 8.78 Å². The highest BCUT2D eigenvalue weighted by molar-refractivity contribution is 7.08. The number of aromatic nitrogens is 2. The summed E-state index contributed by atoms with van der Waals surface area (Å²) in [4.78, 5) is 15.4. The fourth-order valence-electron chi connectivity index (χ4n) is 3.44. The van der Waals surface area contributed by atoms with E-state index in [1.807, 2.05) is 18.7 Å². The number of hydrogen-bond acceptors (Lipinski definition) is 4. The summed E-state index contributed by atoms with van der Waals surface area (Å²) in [5.41, 5.74) is 1.29. The first kappa shape index (κ1) is 18.9. The topological polar surface area (TPSA) is 46.1 Å². The van der Waals surface area contributed by atoms with Gasteiger partial charge in [-0.15, -0.1) is 5.10 Å². The van der Waals surface area contributed by atoms with Crippen LogP contribution in [0.5, 0.6) is 0 Å². The van der Waals surface area contributed by atoms with Gasteiger partial charge in [-0.3, -0.25) is 4.79 Å². The standard InChI is InChI=1S/C19H23F2N3OS/c1-12(2)17-18(26-23-22-17)19(25)24-9-3-4-13(11-24)5-6-14-7-8-15(20)10-16(14)21/h7-8,10,12-13H,3-6,9,11H2,1-2H3/t13-/m0/s1. The predicted octanol–water partition coefficient (Wildman–Crippen LogP) is 4.42. The Labute approximate surface area is 156 Å². The van der Waals surface area contributed by atoms with Crippen LogP contribution in [-0.4, -0.2) is 33.5 Å². The van der Waals surface area contributed by atoms with Crippen LogP contribution in [0, 0.1) is 17.6 Å². The number of carbonyl (C=O) groups excluding carboxylic acids is 1. The molecule has 0 N–H and O–H groups in total. The molecule has 26 heavy (non-hydrogen) atoms.